The molecule has 2 heterocycles. The maximum absolute atomic E-state index is 12.6. The Labute approximate surface area is 154 Å². The summed E-state index contributed by atoms with van der Waals surface area (Å²) in [6.45, 7) is 6.01. The molecule has 0 radical (unpaired) electrons. The molecule has 0 bridgehead atoms. The van der Waals surface area contributed by atoms with Gasteiger partial charge in [-0.15, -0.1) is 0 Å². The molecule has 0 aliphatic rings. The number of fused-ring (bicyclic) bond motifs is 1. The Morgan fingerprint density at radius 3 is 2.77 bits per heavy atom. The molecule has 0 saturated carbocycles. The van der Waals surface area contributed by atoms with Gasteiger partial charge in [-0.05, 0) is 45.0 Å². The zero-order valence-corrected chi connectivity index (χ0v) is 15.9. The first-order valence-electron chi connectivity index (χ1n) is 8.31. The van der Waals surface area contributed by atoms with Crippen LogP contribution in [-0.4, -0.2) is 32.8 Å². The molecule has 1 amide bonds. The van der Waals surface area contributed by atoms with E-state index >= 15 is 0 Å². The fourth-order valence-corrected chi connectivity index (χ4v) is 3.68. The summed E-state index contributed by atoms with van der Waals surface area (Å²) >= 11 is 1.35. The highest BCUT2D eigenvalue weighted by molar-refractivity contribution is 7.16. The zero-order chi connectivity index (χ0) is 18.8. The van der Waals surface area contributed by atoms with E-state index in [2.05, 4.69) is 10.1 Å². The highest BCUT2D eigenvalue weighted by atomic mass is 32.1. The minimum atomic E-state index is -0.360. The van der Waals surface area contributed by atoms with Gasteiger partial charge >= 0.3 is 5.97 Å². The van der Waals surface area contributed by atoms with Crippen LogP contribution in [0.5, 0.6) is 0 Å². The maximum atomic E-state index is 12.6. The summed E-state index contributed by atoms with van der Waals surface area (Å²) in [7, 11) is 1.84. The third-order valence-electron chi connectivity index (χ3n) is 3.90. The Morgan fingerprint density at radius 2 is 2.08 bits per heavy atom. The van der Waals surface area contributed by atoms with E-state index in [0.29, 0.717) is 22.7 Å². The van der Waals surface area contributed by atoms with Gasteiger partial charge in [-0.25, -0.2) is 4.79 Å². The van der Waals surface area contributed by atoms with Crippen molar-refractivity contribution in [3.05, 3.63) is 46.5 Å². The summed E-state index contributed by atoms with van der Waals surface area (Å²) in [6.07, 6.45) is 1.60. The molecule has 1 aromatic carbocycles. The van der Waals surface area contributed by atoms with Crippen molar-refractivity contribution in [1.29, 1.82) is 0 Å². The molecule has 0 saturated heterocycles. The van der Waals surface area contributed by atoms with Crippen LogP contribution in [0.25, 0.3) is 10.2 Å². The Kier molecular flexibility index (Phi) is 5.03. The van der Waals surface area contributed by atoms with Crippen LogP contribution < -0.4 is 4.80 Å². The number of thiazole rings is 1. The Morgan fingerprint density at radius 1 is 1.31 bits per heavy atom. The van der Waals surface area contributed by atoms with Gasteiger partial charge in [-0.2, -0.15) is 10.1 Å². The smallest absolute Gasteiger partial charge is 0.338 e. The molecule has 8 heteroatoms. The molecule has 7 nitrogen and oxygen atoms in total. The number of carbonyl (C=O) groups excluding carboxylic acids is 2. The number of aryl methyl sites for hydroxylation is 1. The average Bonchev–Trinajstić information content (AvgIpc) is 3.21. The van der Waals surface area contributed by atoms with Crippen LogP contribution in [0.3, 0.4) is 0 Å². The van der Waals surface area contributed by atoms with Gasteiger partial charge in [0.2, 0.25) is 0 Å². The van der Waals surface area contributed by atoms with Gasteiger partial charge in [0.25, 0.3) is 5.91 Å². The number of rotatable bonds is 4. The van der Waals surface area contributed by atoms with Gasteiger partial charge < -0.3 is 9.30 Å². The van der Waals surface area contributed by atoms with Gasteiger partial charge in [0.05, 0.1) is 22.4 Å². The van der Waals surface area contributed by atoms with E-state index in [1.165, 1.54) is 11.3 Å². The third-order valence-corrected chi connectivity index (χ3v) is 4.99. The van der Waals surface area contributed by atoms with Crippen LogP contribution >= 0.6 is 11.3 Å². The summed E-state index contributed by atoms with van der Waals surface area (Å²) in [5, 5.41) is 4.17. The van der Waals surface area contributed by atoms with Gasteiger partial charge in [0.15, 0.2) is 4.80 Å². The molecular weight excluding hydrogens is 352 g/mol. The van der Waals surface area contributed by atoms with E-state index < -0.39 is 0 Å². The summed E-state index contributed by atoms with van der Waals surface area (Å²) in [6, 6.07) is 7.05. The monoisotopic (exact) mass is 372 g/mol. The lowest BCUT2D eigenvalue weighted by atomic mass is 10.2. The van der Waals surface area contributed by atoms with E-state index in [1.54, 1.807) is 36.0 Å². The number of benzene rings is 1. The van der Waals surface area contributed by atoms with E-state index in [4.69, 9.17) is 4.74 Å². The molecule has 0 atom stereocenters. The molecule has 0 fully saturated rings. The second-order valence-electron chi connectivity index (χ2n) is 6.02. The Hall–Kier alpha value is -2.74. The average molecular weight is 372 g/mol. The number of hydrogen-bond acceptors (Lipinski definition) is 5. The van der Waals surface area contributed by atoms with Crippen LogP contribution in [0, 0.1) is 0 Å². The van der Waals surface area contributed by atoms with Crippen molar-refractivity contribution in [2.24, 2.45) is 12.0 Å². The molecule has 0 spiro atoms. The molecule has 26 heavy (non-hydrogen) atoms. The van der Waals surface area contributed by atoms with Crippen LogP contribution in [0.1, 0.15) is 47.7 Å². The van der Waals surface area contributed by atoms with Crippen molar-refractivity contribution >= 4 is 33.4 Å². The zero-order valence-electron chi connectivity index (χ0n) is 15.1. The van der Waals surface area contributed by atoms with Crippen molar-refractivity contribution in [2.75, 3.05) is 6.61 Å². The molecule has 3 aromatic rings. The first-order chi connectivity index (χ1) is 12.4. The van der Waals surface area contributed by atoms with Crippen LogP contribution in [0.2, 0.25) is 0 Å². The van der Waals surface area contributed by atoms with E-state index in [-0.39, 0.29) is 17.9 Å². The second-order valence-corrected chi connectivity index (χ2v) is 7.03. The van der Waals surface area contributed by atoms with Crippen LogP contribution in [-0.2, 0) is 11.8 Å². The van der Waals surface area contributed by atoms with Crippen molar-refractivity contribution in [2.45, 2.75) is 26.8 Å². The first-order valence-corrected chi connectivity index (χ1v) is 9.13. The SMILES string of the molecule is CCOC(=O)c1ccc2c(c1)sc(=NC(=O)c1ccnn1C(C)C)n2C. The topological polar surface area (TPSA) is 78.5 Å². The fraction of sp³-hybridized carbons (Fsp3) is 0.333. The molecular formula is C18H20N4O3S. The minimum absolute atomic E-state index is 0.0717. The van der Waals surface area contributed by atoms with Crippen LogP contribution in [0.15, 0.2) is 35.5 Å². The molecule has 2 aromatic heterocycles. The third kappa shape index (κ3) is 3.32. The number of esters is 1. The normalized spacial score (nSPS) is 12.1. The number of hydrogen-bond donors (Lipinski definition) is 0. The highest BCUT2D eigenvalue weighted by Gasteiger charge is 2.15. The fourth-order valence-electron chi connectivity index (χ4n) is 2.62. The Bertz CT molecular complexity index is 1040. The van der Waals surface area contributed by atoms with E-state index in [1.807, 2.05) is 31.5 Å². The van der Waals surface area contributed by atoms with Gasteiger partial charge in [0, 0.05) is 19.3 Å². The summed E-state index contributed by atoms with van der Waals surface area (Å²) < 4.78 is 9.38. The first kappa shape index (κ1) is 18.1. The van der Waals surface area contributed by atoms with E-state index in [0.717, 1.165) is 10.2 Å². The van der Waals surface area contributed by atoms with Crippen molar-refractivity contribution in [3.63, 3.8) is 0 Å². The minimum Gasteiger partial charge on any atom is -0.462 e. The van der Waals surface area contributed by atoms with Crippen molar-refractivity contribution in [1.82, 2.24) is 14.3 Å². The lowest BCUT2D eigenvalue weighted by Gasteiger charge is -2.07. The van der Waals surface area contributed by atoms with Crippen molar-refractivity contribution < 1.29 is 14.3 Å². The lowest BCUT2D eigenvalue weighted by molar-refractivity contribution is 0.0526. The van der Waals surface area contributed by atoms with E-state index in [9.17, 15) is 9.59 Å². The number of aromatic nitrogens is 3. The standard InChI is InChI=1S/C18H20N4O3S/c1-5-25-17(24)12-6-7-13-15(10-12)26-18(21(13)4)20-16(23)14-8-9-19-22(14)11(2)3/h6-11H,5H2,1-4H3. The van der Waals surface area contributed by atoms with Crippen molar-refractivity contribution in [3.8, 4) is 0 Å². The van der Waals surface area contributed by atoms with Gasteiger partial charge in [0.1, 0.15) is 5.69 Å². The lowest BCUT2D eigenvalue weighted by Crippen LogP contribution is -2.16. The largest absolute Gasteiger partial charge is 0.462 e. The molecule has 0 aliphatic heterocycles. The quantitative estimate of drug-likeness (QED) is 0.660. The molecule has 0 N–H and O–H groups in total. The van der Waals surface area contributed by atoms with Gasteiger partial charge in [-0.3, -0.25) is 9.48 Å². The molecule has 3 rings (SSSR count). The number of ether oxygens (including phenoxy) is 1. The summed E-state index contributed by atoms with van der Waals surface area (Å²) in [5.74, 6) is -0.704. The highest BCUT2D eigenvalue weighted by Crippen LogP contribution is 2.19. The molecule has 0 aliphatic carbocycles. The maximum Gasteiger partial charge on any atom is 0.338 e. The van der Waals surface area contributed by atoms with Gasteiger partial charge in [-0.1, -0.05) is 11.3 Å². The number of amides is 1. The van der Waals surface area contributed by atoms with Crippen LogP contribution in [0.4, 0.5) is 0 Å². The molecule has 0 unspecified atom stereocenters. The number of carbonyl (C=O) groups is 2. The predicted molar refractivity (Wildman–Crippen MR) is 99.3 cm³/mol. The predicted octanol–water partition coefficient (Wildman–Crippen LogP) is 2.94. The Balaban J connectivity index is 2.03. The summed E-state index contributed by atoms with van der Waals surface area (Å²) in [5.41, 5.74) is 1.83. The summed E-state index contributed by atoms with van der Waals surface area (Å²) in [4.78, 5) is 29.3. The number of nitrogens with zero attached hydrogens (tertiary/aromatic N) is 4. The molecule has 136 valence electrons. The second kappa shape index (κ2) is 7.25.